The van der Waals surface area contributed by atoms with Gasteiger partial charge in [0.2, 0.25) is 0 Å². The van der Waals surface area contributed by atoms with Crippen LogP contribution in [-0.2, 0) is 11.3 Å². The summed E-state index contributed by atoms with van der Waals surface area (Å²) in [4.78, 5) is 11.4. The number of aromatic nitrogens is 3. The van der Waals surface area contributed by atoms with Crippen LogP contribution in [0.25, 0.3) is 16.8 Å². The highest BCUT2D eigenvalue weighted by molar-refractivity contribution is 5.67. The number of pyridine rings is 2. The Morgan fingerprint density at radius 1 is 1.13 bits per heavy atom. The Bertz CT molecular complexity index is 1140. The molecule has 0 spiro atoms. The summed E-state index contributed by atoms with van der Waals surface area (Å²) in [6.45, 7) is 3.28. The molecule has 0 unspecified atom stereocenters. The fourth-order valence-corrected chi connectivity index (χ4v) is 4.07. The number of hydrogen-bond donors (Lipinski definition) is 0. The largest absolute Gasteiger partial charge is 0.497 e. The molecule has 6 nitrogen and oxygen atoms in total. The average Bonchev–Trinajstić information content (AvgIpc) is 3.24. The number of rotatable bonds is 5. The molecule has 1 atom stereocenters. The van der Waals surface area contributed by atoms with Gasteiger partial charge in [-0.15, -0.1) is 0 Å². The molecule has 0 aliphatic carbocycles. The number of benzene rings is 1. The molecule has 0 saturated carbocycles. The molecule has 5 rings (SSSR count). The molecule has 1 fully saturated rings. The zero-order chi connectivity index (χ0) is 20.3. The van der Waals surface area contributed by atoms with Gasteiger partial charge in [0.05, 0.1) is 30.6 Å². The van der Waals surface area contributed by atoms with E-state index in [0.29, 0.717) is 6.61 Å². The van der Waals surface area contributed by atoms with Crippen LogP contribution in [0.2, 0.25) is 0 Å². The van der Waals surface area contributed by atoms with Gasteiger partial charge >= 0.3 is 0 Å². The molecule has 0 amide bonds. The highest BCUT2D eigenvalue weighted by Crippen LogP contribution is 2.30. The highest BCUT2D eigenvalue weighted by atomic mass is 16.5. The molecule has 1 aliphatic heterocycles. The fourth-order valence-electron chi connectivity index (χ4n) is 4.07. The van der Waals surface area contributed by atoms with E-state index in [9.17, 15) is 0 Å². The summed E-state index contributed by atoms with van der Waals surface area (Å²) in [5.41, 5.74) is 5.44. The quantitative estimate of drug-likeness (QED) is 0.507. The maximum Gasteiger partial charge on any atom is 0.119 e. The lowest BCUT2D eigenvalue weighted by molar-refractivity contribution is -0.0341. The zero-order valence-corrected chi connectivity index (χ0v) is 16.9. The van der Waals surface area contributed by atoms with Gasteiger partial charge in [0.15, 0.2) is 0 Å². The minimum atomic E-state index is -0.0546. The van der Waals surface area contributed by atoms with Gasteiger partial charge < -0.3 is 9.47 Å². The molecule has 152 valence electrons. The summed E-state index contributed by atoms with van der Waals surface area (Å²) in [5.74, 6) is 0.839. The van der Waals surface area contributed by atoms with Crippen molar-refractivity contribution < 1.29 is 9.47 Å². The molecule has 1 saturated heterocycles. The summed E-state index contributed by atoms with van der Waals surface area (Å²) in [7, 11) is 1.69. The van der Waals surface area contributed by atoms with Crippen LogP contribution in [0.3, 0.4) is 0 Å². The van der Waals surface area contributed by atoms with Gasteiger partial charge in [-0.25, -0.2) is 4.98 Å². The van der Waals surface area contributed by atoms with Crippen LogP contribution in [-0.4, -0.2) is 46.1 Å². The molecular formula is C24H24N4O2. The molecule has 4 aromatic rings. The second kappa shape index (κ2) is 8.26. The van der Waals surface area contributed by atoms with Gasteiger partial charge in [-0.05, 0) is 35.9 Å². The Morgan fingerprint density at radius 2 is 2.07 bits per heavy atom. The molecule has 1 aromatic carbocycles. The summed E-state index contributed by atoms with van der Waals surface area (Å²) in [6, 6.07) is 18.5. The fraction of sp³-hybridized carbons (Fsp3) is 0.250. The van der Waals surface area contributed by atoms with Gasteiger partial charge in [-0.1, -0.05) is 24.3 Å². The standard InChI is InChI=1S/C24H24N4O2/c1-29-20-7-2-6-19(13-20)21-8-3-9-22-24(26-17-28(21)22)23-16-27(11-12-30-23)15-18-5-4-10-25-14-18/h2-10,13-14,17,23H,11-12,15-16H2,1H3/t23-/m0/s1. The van der Waals surface area contributed by atoms with Crippen molar-refractivity contribution in [1.82, 2.24) is 19.3 Å². The molecule has 4 heterocycles. The molecule has 3 aromatic heterocycles. The monoisotopic (exact) mass is 400 g/mol. The first kappa shape index (κ1) is 18.8. The number of nitrogens with zero attached hydrogens (tertiary/aromatic N) is 4. The van der Waals surface area contributed by atoms with E-state index in [0.717, 1.165) is 47.9 Å². The van der Waals surface area contributed by atoms with Crippen molar-refractivity contribution in [1.29, 1.82) is 0 Å². The predicted octanol–water partition coefficient (Wildman–Crippen LogP) is 3.98. The van der Waals surface area contributed by atoms with Crippen molar-refractivity contribution in [3.05, 3.63) is 84.6 Å². The third-order valence-electron chi connectivity index (χ3n) is 5.55. The van der Waals surface area contributed by atoms with Crippen LogP contribution in [0, 0.1) is 0 Å². The zero-order valence-electron chi connectivity index (χ0n) is 16.9. The van der Waals surface area contributed by atoms with Crippen LogP contribution < -0.4 is 4.74 Å². The number of fused-ring (bicyclic) bond motifs is 1. The first-order valence-electron chi connectivity index (χ1n) is 10.1. The first-order valence-corrected chi connectivity index (χ1v) is 10.1. The summed E-state index contributed by atoms with van der Waals surface area (Å²) in [6.07, 6.45) is 5.57. The van der Waals surface area contributed by atoms with Crippen molar-refractivity contribution >= 4 is 5.52 Å². The Hall–Kier alpha value is -3.22. The van der Waals surface area contributed by atoms with Crippen molar-refractivity contribution in [3.63, 3.8) is 0 Å². The lowest BCUT2D eigenvalue weighted by Crippen LogP contribution is -2.38. The molecule has 6 heteroatoms. The topological polar surface area (TPSA) is 51.9 Å². The van der Waals surface area contributed by atoms with E-state index >= 15 is 0 Å². The van der Waals surface area contributed by atoms with Crippen LogP contribution in [0.4, 0.5) is 0 Å². The number of hydrogen-bond acceptors (Lipinski definition) is 5. The second-order valence-corrected chi connectivity index (χ2v) is 7.48. The summed E-state index contributed by atoms with van der Waals surface area (Å²) < 4.78 is 13.7. The van der Waals surface area contributed by atoms with Crippen molar-refractivity contribution in [2.45, 2.75) is 12.6 Å². The highest BCUT2D eigenvalue weighted by Gasteiger charge is 2.26. The molecule has 0 bridgehead atoms. The van der Waals surface area contributed by atoms with Crippen molar-refractivity contribution in [2.75, 3.05) is 26.8 Å². The van der Waals surface area contributed by atoms with Gasteiger partial charge in [-0.2, -0.15) is 0 Å². The Kier molecular flexibility index (Phi) is 5.17. The number of imidazole rings is 1. The van der Waals surface area contributed by atoms with E-state index in [2.05, 4.69) is 44.6 Å². The molecular weight excluding hydrogens is 376 g/mol. The van der Waals surface area contributed by atoms with Gasteiger partial charge in [0.1, 0.15) is 18.2 Å². The SMILES string of the molecule is COc1cccc(-c2cccc3c([C@@H]4CN(Cc5cccnc5)CCO4)ncn23)c1. The minimum Gasteiger partial charge on any atom is -0.497 e. The van der Waals surface area contributed by atoms with Gasteiger partial charge in [-0.3, -0.25) is 14.3 Å². The number of methoxy groups -OCH3 is 1. The van der Waals surface area contributed by atoms with Crippen molar-refractivity contribution in [3.8, 4) is 17.0 Å². The molecule has 0 N–H and O–H groups in total. The molecule has 1 aliphatic rings. The molecule has 0 radical (unpaired) electrons. The van der Waals surface area contributed by atoms with E-state index in [4.69, 9.17) is 14.5 Å². The van der Waals surface area contributed by atoms with Crippen LogP contribution in [0.1, 0.15) is 17.4 Å². The Morgan fingerprint density at radius 3 is 2.93 bits per heavy atom. The number of morpholine rings is 1. The van der Waals surface area contributed by atoms with Crippen LogP contribution >= 0.6 is 0 Å². The molecule has 30 heavy (non-hydrogen) atoms. The Balaban J connectivity index is 1.43. The lowest BCUT2D eigenvalue weighted by atomic mass is 10.1. The predicted molar refractivity (Wildman–Crippen MR) is 115 cm³/mol. The van der Waals surface area contributed by atoms with Gasteiger partial charge in [0, 0.05) is 37.6 Å². The maximum atomic E-state index is 6.13. The van der Waals surface area contributed by atoms with E-state index in [1.54, 1.807) is 7.11 Å². The summed E-state index contributed by atoms with van der Waals surface area (Å²) >= 11 is 0. The third kappa shape index (κ3) is 3.67. The number of ether oxygens (including phenoxy) is 2. The van der Waals surface area contributed by atoms with Crippen LogP contribution in [0.15, 0.2) is 73.3 Å². The first-order chi connectivity index (χ1) is 14.8. The van der Waals surface area contributed by atoms with Crippen molar-refractivity contribution in [2.24, 2.45) is 0 Å². The maximum absolute atomic E-state index is 6.13. The van der Waals surface area contributed by atoms with Gasteiger partial charge in [0.25, 0.3) is 0 Å². The third-order valence-corrected chi connectivity index (χ3v) is 5.55. The average molecular weight is 400 g/mol. The second-order valence-electron chi connectivity index (χ2n) is 7.48. The smallest absolute Gasteiger partial charge is 0.119 e. The van der Waals surface area contributed by atoms with E-state index in [-0.39, 0.29) is 6.10 Å². The van der Waals surface area contributed by atoms with Crippen LogP contribution in [0.5, 0.6) is 5.75 Å². The minimum absolute atomic E-state index is 0.0546. The van der Waals surface area contributed by atoms with E-state index < -0.39 is 0 Å². The Labute approximate surface area is 175 Å². The lowest BCUT2D eigenvalue weighted by Gasteiger charge is -2.32. The normalized spacial score (nSPS) is 17.3. The van der Waals surface area contributed by atoms with E-state index in [1.165, 1.54) is 5.56 Å². The van der Waals surface area contributed by atoms with E-state index in [1.807, 2.05) is 43.0 Å². The summed E-state index contributed by atoms with van der Waals surface area (Å²) in [5, 5.41) is 0.